The maximum atomic E-state index is 12.2. The van der Waals surface area contributed by atoms with Crippen molar-refractivity contribution in [3.63, 3.8) is 0 Å². The highest BCUT2D eigenvalue weighted by Crippen LogP contribution is 2.25. The second-order valence-corrected chi connectivity index (χ2v) is 6.38. The maximum absolute atomic E-state index is 12.2. The fraction of sp³-hybridized carbons (Fsp3) is 0.533. The Labute approximate surface area is 119 Å². The van der Waals surface area contributed by atoms with Gasteiger partial charge in [0.05, 0.1) is 5.25 Å². The molecule has 104 valence electrons. The molecular formula is C15H22N2OS. The van der Waals surface area contributed by atoms with Gasteiger partial charge in [-0.15, -0.1) is 11.8 Å². The number of thioether (sulfide) groups is 1. The van der Waals surface area contributed by atoms with E-state index < -0.39 is 0 Å². The lowest BCUT2D eigenvalue weighted by molar-refractivity contribution is -0.129. The summed E-state index contributed by atoms with van der Waals surface area (Å²) < 4.78 is 0. The molecule has 0 radical (unpaired) electrons. The van der Waals surface area contributed by atoms with Crippen molar-refractivity contribution in [2.45, 2.75) is 36.5 Å². The molecule has 0 bridgehead atoms. The third-order valence-electron chi connectivity index (χ3n) is 3.38. The standard InChI is InChI=1S/C15H22N2OS/c1-12(15(18)17-9-3-4-10-17)19-14-7-5-13(6-8-14)11-16-2/h5-8,12,16H,3-4,9-11H2,1-2H3. The zero-order chi connectivity index (χ0) is 13.7. The maximum Gasteiger partial charge on any atom is 0.235 e. The quantitative estimate of drug-likeness (QED) is 0.840. The Kier molecular flexibility index (Phi) is 5.28. The Hall–Kier alpha value is -1.00. The van der Waals surface area contributed by atoms with Crippen molar-refractivity contribution in [1.82, 2.24) is 10.2 Å². The van der Waals surface area contributed by atoms with E-state index in [9.17, 15) is 4.79 Å². The van der Waals surface area contributed by atoms with Crippen LogP contribution in [0.3, 0.4) is 0 Å². The first kappa shape index (κ1) is 14.4. The highest BCUT2D eigenvalue weighted by Gasteiger charge is 2.23. The lowest BCUT2D eigenvalue weighted by Gasteiger charge is -2.20. The minimum atomic E-state index is 0.00764. The zero-order valence-electron chi connectivity index (χ0n) is 11.7. The average Bonchev–Trinajstić information content (AvgIpc) is 2.94. The largest absolute Gasteiger partial charge is 0.342 e. The summed E-state index contributed by atoms with van der Waals surface area (Å²) in [6.45, 7) is 4.76. The number of nitrogens with zero attached hydrogens (tertiary/aromatic N) is 1. The average molecular weight is 278 g/mol. The molecule has 0 aliphatic carbocycles. The van der Waals surface area contributed by atoms with Crippen LogP contribution in [0.25, 0.3) is 0 Å². The normalized spacial score (nSPS) is 16.6. The molecule has 19 heavy (non-hydrogen) atoms. The number of hydrogen-bond acceptors (Lipinski definition) is 3. The van der Waals surface area contributed by atoms with Crippen LogP contribution in [-0.2, 0) is 11.3 Å². The smallest absolute Gasteiger partial charge is 0.235 e. The number of amides is 1. The van der Waals surface area contributed by atoms with Crippen LogP contribution < -0.4 is 5.32 Å². The minimum absolute atomic E-state index is 0.00764. The number of hydrogen-bond donors (Lipinski definition) is 1. The number of rotatable bonds is 5. The summed E-state index contributed by atoms with van der Waals surface area (Å²) in [5.74, 6) is 0.279. The van der Waals surface area contributed by atoms with E-state index in [-0.39, 0.29) is 11.2 Å². The van der Waals surface area contributed by atoms with Crippen molar-refractivity contribution in [3.05, 3.63) is 29.8 Å². The van der Waals surface area contributed by atoms with E-state index in [1.807, 2.05) is 18.9 Å². The van der Waals surface area contributed by atoms with E-state index in [4.69, 9.17) is 0 Å². The highest BCUT2D eigenvalue weighted by atomic mass is 32.2. The number of carbonyl (C=O) groups excluding carboxylic acids is 1. The van der Waals surface area contributed by atoms with Gasteiger partial charge < -0.3 is 10.2 Å². The molecule has 1 saturated heterocycles. The second-order valence-electron chi connectivity index (χ2n) is 4.97. The lowest BCUT2D eigenvalue weighted by atomic mass is 10.2. The van der Waals surface area contributed by atoms with E-state index in [1.54, 1.807) is 11.8 Å². The Balaban J connectivity index is 1.90. The summed E-state index contributed by atoms with van der Waals surface area (Å²) in [6.07, 6.45) is 2.31. The van der Waals surface area contributed by atoms with Gasteiger partial charge in [-0.3, -0.25) is 4.79 Å². The van der Waals surface area contributed by atoms with E-state index >= 15 is 0 Å². The molecular weight excluding hydrogens is 256 g/mol. The van der Waals surface area contributed by atoms with Crippen molar-refractivity contribution in [1.29, 1.82) is 0 Å². The monoisotopic (exact) mass is 278 g/mol. The number of nitrogens with one attached hydrogen (secondary N) is 1. The number of carbonyl (C=O) groups is 1. The van der Waals surface area contributed by atoms with Crippen LogP contribution >= 0.6 is 11.8 Å². The van der Waals surface area contributed by atoms with E-state index in [2.05, 4.69) is 29.6 Å². The molecule has 0 aromatic heterocycles. The third-order valence-corrected chi connectivity index (χ3v) is 4.48. The van der Waals surface area contributed by atoms with Crippen molar-refractivity contribution in [3.8, 4) is 0 Å². The van der Waals surface area contributed by atoms with Crippen molar-refractivity contribution >= 4 is 17.7 Å². The van der Waals surface area contributed by atoms with Gasteiger partial charge in [0, 0.05) is 24.5 Å². The first-order valence-electron chi connectivity index (χ1n) is 6.89. The van der Waals surface area contributed by atoms with E-state index in [0.29, 0.717) is 0 Å². The molecule has 0 spiro atoms. The summed E-state index contributed by atoms with van der Waals surface area (Å²) in [6, 6.07) is 8.44. The summed E-state index contributed by atoms with van der Waals surface area (Å²) in [5, 5.41) is 3.14. The molecule has 3 nitrogen and oxygen atoms in total. The summed E-state index contributed by atoms with van der Waals surface area (Å²) >= 11 is 1.65. The molecule has 1 unspecified atom stereocenters. The SMILES string of the molecule is CNCc1ccc(SC(C)C(=O)N2CCCC2)cc1. The van der Waals surface area contributed by atoms with Crippen LogP contribution in [0, 0.1) is 0 Å². The van der Waals surface area contributed by atoms with Gasteiger partial charge in [-0.1, -0.05) is 12.1 Å². The fourth-order valence-electron chi connectivity index (χ4n) is 2.34. The topological polar surface area (TPSA) is 32.3 Å². The van der Waals surface area contributed by atoms with Gasteiger partial charge in [-0.05, 0) is 44.5 Å². The van der Waals surface area contributed by atoms with Gasteiger partial charge in [0.1, 0.15) is 0 Å². The molecule has 1 aromatic rings. The van der Waals surface area contributed by atoms with Crippen LogP contribution in [0.5, 0.6) is 0 Å². The van der Waals surface area contributed by atoms with E-state index in [1.165, 1.54) is 10.5 Å². The molecule has 1 aliphatic rings. The van der Waals surface area contributed by atoms with Gasteiger partial charge in [0.2, 0.25) is 5.91 Å². The summed E-state index contributed by atoms with van der Waals surface area (Å²) in [7, 11) is 1.94. The van der Waals surface area contributed by atoms with Gasteiger partial charge in [-0.2, -0.15) is 0 Å². The van der Waals surface area contributed by atoms with Gasteiger partial charge in [0.25, 0.3) is 0 Å². The molecule has 1 aromatic carbocycles. The molecule has 1 atom stereocenters. The van der Waals surface area contributed by atoms with Crippen molar-refractivity contribution in [2.24, 2.45) is 0 Å². The summed E-state index contributed by atoms with van der Waals surface area (Å²) in [5.41, 5.74) is 1.27. The Morgan fingerprint density at radius 1 is 1.32 bits per heavy atom. The van der Waals surface area contributed by atoms with Crippen LogP contribution in [0.2, 0.25) is 0 Å². The minimum Gasteiger partial charge on any atom is -0.342 e. The van der Waals surface area contributed by atoms with E-state index in [0.717, 1.165) is 32.5 Å². The van der Waals surface area contributed by atoms with Crippen LogP contribution in [-0.4, -0.2) is 36.2 Å². The fourth-order valence-corrected chi connectivity index (χ4v) is 3.29. The Bertz CT molecular complexity index is 413. The molecule has 4 heteroatoms. The molecule has 1 aliphatic heterocycles. The number of likely N-dealkylation sites (tertiary alicyclic amines) is 1. The third kappa shape index (κ3) is 3.98. The predicted octanol–water partition coefficient (Wildman–Crippen LogP) is 2.51. The molecule has 0 saturated carbocycles. The molecule has 2 rings (SSSR count). The molecule has 1 amide bonds. The highest BCUT2D eigenvalue weighted by molar-refractivity contribution is 8.00. The van der Waals surface area contributed by atoms with Crippen LogP contribution in [0.15, 0.2) is 29.2 Å². The van der Waals surface area contributed by atoms with Gasteiger partial charge in [-0.25, -0.2) is 0 Å². The second kappa shape index (κ2) is 6.96. The van der Waals surface area contributed by atoms with Crippen LogP contribution in [0.4, 0.5) is 0 Å². The lowest BCUT2D eigenvalue weighted by Crippen LogP contribution is -2.33. The Morgan fingerprint density at radius 3 is 2.53 bits per heavy atom. The Morgan fingerprint density at radius 2 is 1.95 bits per heavy atom. The van der Waals surface area contributed by atoms with Crippen LogP contribution in [0.1, 0.15) is 25.3 Å². The molecule has 1 N–H and O–H groups in total. The molecule has 1 heterocycles. The zero-order valence-corrected chi connectivity index (χ0v) is 12.5. The van der Waals surface area contributed by atoms with Gasteiger partial charge in [0.15, 0.2) is 0 Å². The predicted molar refractivity (Wildman–Crippen MR) is 80.3 cm³/mol. The molecule has 1 fully saturated rings. The first-order valence-corrected chi connectivity index (χ1v) is 7.77. The van der Waals surface area contributed by atoms with Crippen molar-refractivity contribution < 1.29 is 4.79 Å². The summed E-state index contributed by atoms with van der Waals surface area (Å²) in [4.78, 5) is 15.4. The number of benzene rings is 1. The first-order chi connectivity index (χ1) is 9.20. The van der Waals surface area contributed by atoms with Crippen molar-refractivity contribution in [2.75, 3.05) is 20.1 Å². The van der Waals surface area contributed by atoms with Gasteiger partial charge >= 0.3 is 0 Å².